The number of imidazole rings is 1. The highest BCUT2D eigenvalue weighted by molar-refractivity contribution is 5.95. The van der Waals surface area contributed by atoms with Crippen LogP contribution in [0.4, 0.5) is 0 Å². The minimum atomic E-state index is -0.358. The first-order chi connectivity index (χ1) is 11.2. The molecule has 0 amide bonds. The number of ether oxygens (including phenoxy) is 2. The van der Waals surface area contributed by atoms with E-state index in [1.165, 1.54) is 7.11 Å². The standard InChI is InChI=1S/C17H23N3O3/c1-3-19(9-13-6-8-23-12-13)10-14-11-20-7-4-5-15(16(20)18-14)17(21)22-2/h4-5,7,11,13H,3,6,8-10,12H2,1-2H3. The third-order valence-corrected chi connectivity index (χ3v) is 4.31. The van der Waals surface area contributed by atoms with Crippen molar-refractivity contribution in [3.05, 3.63) is 35.8 Å². The molecule has 0 N–H and O–H groups in total. The molecule has 3 heterocycles. The van der Waals surface area contributed by atoms with E-state index < -0.39 is 0 Å². The van der Waals surface area contributed by atoms with Gasteiger partial charge in [0.05, 0.1) is 19.4 Å². The first kappa shape index (κ1) is 16.0. The molecule has 0 bridgehead atoms. The van der Waals surface area contributed by atoms with E-state index in [-0.39, 0.29) is 5.97 Å². The Hall–Kier alpha value is -1.92. The molecule has 0 aromatic carbocycles. The van der Waals surface area contributed by atoms with Crippen LogP contribution in [0.25, 0.3) is 5.65 Å². The molecular weight excluding hydrogens is 294 g/mol. The van der Waals surface area contributed by atoms with Crippen molar-refractivity contribution in [2.75, 3.05) is 33.4 Å². The topological polar surface area (TPSA) is 56.1 Å². The first-order valence-corrected chi connectivity index (χ1v) is 8.06. The monoisotopic (exact) mass is 317 g/mol. The number of rotatable bonds is 6. The molecule has 1 fully saturated rings. The third-order valence-electron chi connectivity index (χ3n) is 4.31. The van der Waals surface area contributed by atoms with Gasteiger partial charge in [-0.25, -0.2) is 9.78 Å². The molecule has 1 atom stereocenters. The molecular formula is C17H23N3O3. The van der Waals surface area contributed by atoms with Gasteiger partial charge in [-0.1, -0.05) is 6.92 Å². The highest BCUT2D eigenvalue weighted by Crippen LogP contribution is 2.17. The number of fused-ring (bicyclic) bond motifs is 1. The molecule has 0 spiro atoms. The molecule has 1 unspecified atom stereocenters. The van der Waals surface area contributed by atoms with E-state index in [2.05, 4.69) is 16.8 Å². The van der Waals surface area contributed by atoms with Gasteiger partial charge < -0.3 is 13.9 Å². The summed E-state index contributed by atoms with van der Waals surface area (Å²) in [7, 11) is 1.39. The maximum Gasteiger partial charge on any atom is 0.341 e. The normalized spacial score (nSPS) is 18.0. The molecule has 0 radical (unpaired) electrons. The Balaban J connectivity index is 1.78. The van der Waals surface area contributed by atoms with Crippen LogP contribution >= 0.6 is 0 Å². The van der Waals surface area contributed by atoms with Crippen LogP contribution in [-0.2, 0) is 16.0 Å². The van der Waals surface area contributed by atoms with E-state index in [9.17, 15) is 4.79 Å². The summed E-state index contributed by atoms with van der Waals surface area (Å²) >= 11 is 0. The van der Waals surface area contributed by atoms with Crippen molar-refractivity contribution >= 4 is 11.6 Å². The van der Waals surface area contributed by atoms with Gasteiger partial charge in [-0.2, -0.15) is 0 Å². The van der Waals surface area contributed by atoms with E-state index in [0.717, 1.165) is 45.0 Å². The Morgan fingerprint density at radius 1 is 1.57 bits per heavy atom. The lowest BCUT2D eigenvalue weighted by atomic mass is 10.1. The quantitative estimate of drug-likeness (QED) is 0.763. The largest absolute Gasteiger partial charge is 0.465 e. The van der Waals surface area contributed by atoms with Crippen molar-refractivity contribution < 1.29 is 14.3 Å². The molecule has 1 aliphatic heterocycles. The number of methoxy groups -OCH3 is 1. The van der Waals surface area contributed by atoms with E-state index in [0.29, 0.717) is 17.1 Å². The van der Waals surface area contributed by atoms with Crippen molar-refractivity contribution in [2.45, 2.75) is 19.9 Å². The SMILES string of the molecule is CCN(Cc1cn2cccc(C(=O)OC)c2n1)CC1CCOC1. The van der Waals surface area contributed by atoms with Gasteiger partial charge in [-0.3, -0.25) is 4.90 Å². The maximum atomic E-state index is 11.8. The maximum absolute atomic E-state index is 11.8. The van der Waals surface area contributed by atoms with E-state index in [1.807, 2.05) is 22.9 Å². The van der Waals surface area contributed by atoms with Gasteiger partial charge >= 0.3 is 5.97 Å². The number of carbonyl (C=O) groups excluding carboxylic acids is 1. The Bertz CT molecular complexity index is 677. The minimum Gasteiger partial charge on any atom is -0.465 e. The van der Waals surface area contributed by atoms with Crippen molar-refractivity contribution in [2.24, 2.45) is 5.92 Å². The summed E-state index contributed by atoms with van der Waals surface area (Å²) in [5.41, 5.74) is 2.10. The van der Waals surface area contributed by atoms with Crippen LogP contribution in [0.3, 0.4) is 0 Å². The summed E-state index contributed by atoms with van der Waals surface area (Å²) in [5.74, 6) is 0.251. The number of hydrogen-bond donors (Lipinski definition) is 0. The highest BCUT2D eigenvalue weighted by Gasteiger charge is 2.20. The van der Waals surface area contributed by atoms with Gasteiger partial charge in [-0.05, 0) is 31.0 Å². The number of aromatic nitrogens is 2. The lowest BCUT2D eigenvalue weighted by Crippen LogP contribution is -2.29. The summed E-state index contributed by atoms with van der Waals surface area (Å²) in [6.45, 7) is 6.65. The second-order valence-corrected chi connectivity index (χ2v) is 5.93. The fourth-order valence-corrected chi connectivity index (χ4v) is 3.04. The smallest absolute Gasteiger partial charge is 0.341 e. The number of hydrogen-bond acceptors (Lipinski definition) is 5. The average Bonchev–Trinajstić information content (AvgIpc) is 3.21. The van der Waals surface area contributed by atoms with Gasteiger partial charge in [-0.15, -0.1) is 0 Å². The molecule has 2 aromatic rings. The van der Waals surface area contributed by atoms with Crippen LogP contribution in [0.15, 0.2) is 24.5 Å². The molecule has 1 saturated heterocycles. The van der Waals surface area contributed by atoms with Crippen LogP contribution in [-0.4, -0.2) is 53.7 Å². The predicted molar refractivity (Wildman–Crippen MR) is 86.4 cm³/mol. The number of pyridine rings is 1. The van der Waals surface area contributed by atoms with Crippen LogP contribution < -0.4 is 0 Å². The van der Waals surface area contributed by atoms with Crippen molar-refractivity contribution in [3.8, 4) is 0 Å². The lowest BCUT2D eigenvalue weighted by molar-refractivity contribution is 0.0602. The Morgan fingerprint density at radius 3 is 3.13 bits per heavy atom. The molecule has 23 heavy (non-hydrogen) atoms. The zero-order chi connectivity index (χ0) is 16.2. The summed E-state index contributed by atoms with van der Waals surface area (Å²) in [6.07, 6.45) is 5.02. The average molecular weight is 317 g/mol. The predicted octanol–water partition coefficient (Wildman–Crippen LogP) is 1.98. The second kappa shape index (κ2) is 7.10. The molecule has 6 heteroatoms. The second-order valence-electron chi connectivity index (χ2n) is 5.93. The molecule has 3 rings (SSSR count). The number of carbonyl (C=O) groups is 1. The fraction of sp³-hybridized carbons (Fsp3) is 0.529. The van der Waals surface area contributed by atoms with Gasteiger partial charge in [0.2, 0.25) is 0 Å². The van der Waals surface area contributed by atoms with Gasteiger partial charge in [0.15, 0.2) is 5.65 Å². The van der Waals surface area contributed by atoms with Crippen LogP contribution in [0.1, 0.15) is 29.4 Å². The van der Waals surface area contributed by atoms with Crippen LogP contribution in [0.2, 0.25) is 0 Å². The molecule has 1 aliphatic rings. The molecule has 0 aliphatic carbocycles. The summed E-state index contributed by atoms with van der Waals surface area (Å²) in [4.78, 5) is 18.9. The summed E-state index contributed by atoms with van der Waals surface area (Å²) in [5, 5.41) is 0. The van der Waals surface area contributed by atoms with Crippen molar-refractivity contribution in [1.29, 1.82) is 0 Å². The molecule has 6 nitrogen and oxygen atoms in total. The number of nitrogens with zero attached hydrogens (tertiary/aromatic N) is 3. The first-order valence-electron chi connectivity index (χ1n) is 8.06. The van der Waals surface area contributed by atoms with Gasteiger partial charge in [0, 0.05) is 32.1 Å². The van der Waals surface area contributed by atoms with Crippen molar-refractivity contribution in [3.63, 3.8) is 0 Å². The van der Waals surface area contributed by atoms with E-state index in [4.69, 9.17) is 9.47 Å². The summed E-state index contributed by atoms with van der Waals surface area (Å²) < 4.78 is 12.2. The lowest BCUT2D eigenvalue weighted by Gasteiger charge is -2.22. The Kier molecular flexibility index (Phi) is 4.93. The van der Waals surface area contributed by atoms with E-state index in [1.54, 1.807) is 6.07 Å². The van der Waals surface area contributed by atoms with Crippen LogP contribution in [0, 0.1) is 5.92 Å². The fourth-order valence-electron chi connectivity index (χ4n) is 3.04. The molecule has 2 aromatic heterocycles. The van der Waals surface area contributed by atoms with E-state index >= 15 is 0 Å². The minimum absolute atomic E-state index is 0.358. The zero-order valence-electron chi connectivity index (χ0n) is 13.7. The summed E-state index contributed by atoms with van der Waals surface area (Å²) in [6, 6.07) is 3.57. The highest BCUT2D eigenvalue weighted by atomic mass is 16.5. The zero-order valence-corrected chi connectivity index (χ0v) is 13.7. The number of esters is 1. The van der Waals surface area contributed by atoms with Gasteiger partial charge in [0.1, 0.15) is 5.56 Å². The molecule has 0 saturated carbocycles. The Labute approximate surface area is 136 Å². The van der Waals surface area contributed by atoms with Crippen LogP contribution in [0.5, 0.6) is 0 Å². The molecule has 124 valence electrons. The van der Waals surface area contributed by atoms with Crippen molar-refractivity contribution in [1.82, 2.24) is 14.3 Å². The van der Waals surface area contributed by atoms with Gasteiger partial charge in [0.25, 0.3) is 0 Å². The third kappa shape index (κ3) is 3.54. The Morgan fingerprint density at radius 2 is 2.43 bits per heavy atom.